The van der Waals surface area contributed by atoms with Crippen LogP contribution in [0.1, 0.15) is 10.4 Å². The third-order valence-electron chi connectivity index (χ3n) is 2.93. The molecule has 3 rings (SSSR count). The number of benzene rings is 2. The summed E-state index contributed by atoms with van der Waals surface area (Å²) >= 11 is 1.46. The van der Waals surface area contributed by atoms with Gasteiger partial charge < -0.3 is 5.11 Å². The van der Waals surface area contributed by atoms with Crippen LogP contribution in [0.2, 0.25) is 0 Å². The number of aromatic nitrogens is 1. The second-order valence-electron chi connectivity index (χ2n) is 4.30. The molecule has 0 aliphatic heterocycles. The van der Waals surface area contributed by atoms with Crippen molar-refractivity contribution in [1.29, 1.82) is 0 Å². The Balaban J connectivity index is 1.92. The summed E-state index contributed by atoms with van der Waals surface area (Å²) < 4.78 is 0. The Bertz CT molecular complexity index is 786. The van der Waals surface area contributed by atoms with Crippen LogP contribution in [-0.2, 0) is 0 Å². The standard InChI is InChI=1S/C16H11NO2S/c18-16(19)13-7-8-17-15(10-13)20-14-6-5-11-3-1-2-4-12(11)9-14/h1-10H,(H,18,19). The number of fused-ring (bicyclic) bond motifs is 1. The molecule has 3 aromatic rings. The number of hydrogen-bond donors (Lipinski definition) is 1. The predicted octanol–water partition coefficient (Wildman–Crippen LogP) is 4.08. The van der Waals surface area contributed by atoms with Crippen LogP contribution in [-0.4, -0.2) is 16.1 Å². The highest BCUT2D eigenvalue weighted by Gasteiger charge is 2.06. The van der Waals surface area contributed by atoms with Crippen LogP contribution in [0.4, 0.5) is 0 Å². The molecule has 0 saturated heterocycles. The van der Waals surface area contributed by atoms with Crippen molar-refractivity contribution in [3.8, 4) is 0 Å². The molecule has 4 heteroatoms. The van der Waals surface area contributed by atoms with Gasteiger partial charge in [0.05, 0.1) is 5.56 Å². The topological polar surface area (TPSA) is 50.2 Å². The van der Waals surface area contributed by atoms with Crippen molar-refractivity contribution in [2.75, 3.05) is 0 Å². The van der Waals surface area contributed by atoms with Crippen LogP contribution in [0.25, 0.3) is 10.8 Å². The lowest BCUT2D eigenvalue weighted by Gasteiger charge is -2.04. The van der Waals surface area contributed by atoms with Gasteiger partial charge in [-0.25, -0.2) is 9.78 Å². The highest BCUT2D eigenvalue weighted by molar-refractivity contribution is 7.99. The zero-order chi connectivity index (χ0) is 13.9. The fourth-order valence-electron chi connectivity index (χ4n) is 1.95. The average molecular weight is 281 g/mol. The number of carboxylic acid groups (broad SMARTS) is 1. The smallest absolute Gasteiger partial charge is 0.335 e. The normalized spacial score (nSPS) is 10.6. The number of rotatable bonds is 3. The van der Waals surface area contributed by atoms with E-state index in [4.69, 9.17) is 5.11 Å². The van der Waals surface area contributed by atoms with Crippen molar-refractivity contribution in [3.63, 3.8) is 0 Å². The molecule has 20 heavy (non-hydrogen) atoms. The second-order valence-corrected chi connectivity index (χ2v) is 5.39. The molecule has 98 valence electrons. The van der Waals surface area contributed by atoms with E-state index in [1.165, 1.54) is 29.4 Å². The molecule has 2 aromatic carbocycles. The number of pyridine rings is 1. The van der Waals surface area contributed by atoms with E-state index < -0.39 is 5.97 Å². The molecule has 1 N–H and O–H groups in total. The number of carboxylic acids is 1. The summed E-state index contributed by atoms with van der Waals surface area (Å²) in [7, 11) is 0. The van der Waals surface area contributed by atoms with Gasteiger partial charge in [-0.3, -0.25) is 0 Å². The van der Waals surface area contributed by atoms with Crippen molar-refractivity contribution < 1.29 is 9.90 Å². The Morgan fingerprint density at radius 1 is 1.00 bits per heavy atom. The first-order chi connectivity index (χ1) is 9.72. The van der Waals surface area contributed by atoms with Gasteiger partial charge in [0.1, 0.15) is 5.03 Å². The summed E-state index contributed by atoms with van der Waals surface area (Å²) in [5.74, 6) is -0.937. The first-order valence-electron chi connectivity index (χ1n) is 6.08. The Morgan fingerprint density at radius 2 is 1.80 bits per heavy atom. The quantitative estimate of drug-likeness (QED) is 0.785. The highest BCUT2D eigenvalue weighted by atomic mass is 32.2. The number of hydrogen-bond acceptors (Lipinski definition) is 3. The molecule has 0 radical (unpaired) electrons. The fraction of sp³-hybridized carbons (Fsp3) is 0. The van der Waals surface area contributed by atoms with Crippen LogP contribution in [0.15, 0.2) is 70.7 Å². The lowest BCUT2D eigenvalue weighted by Crippen LogP contribution is -1.96. The van der Waals surface area contributed by atoms with E-state index in [9.17, 15) is 4.79 Å². The van der Waals surface area contributed by atoms with E-state index in [2.05, 4.69) is 29.2 Å². The Kier molecular flexibility index (Phi) is 3.39. The Morgan fingerprint density at radius 3 is 2.60 bits per heavy atom. The molecule has 0 fully saturated rings. The van der Waals surface area contributed by atoms with Gasteiger partial charge >= 0.3 is 5.97 Å². The first kappa shape index (κ1) is 12.7. The van der Waals surface area contributed by atoms with Gasteiger partial charge in [-0.2, -0.15) is 0 Å². The van der Waals surface area contributed by atoms with Crippen LogP contribution in [0.3, 0.4) is 0 Å². The monoisotopic (exact) mass is 281 g/mol. The third-order valence-corrected chi connectivity index (χ3v) is 3.85. The van der Waals surface area contributed by atoms with E-state index in [1.54, 1.807) is 6.07 Å². The lowest BCUT2D eigenvalue weighted by molar-refractivity contribution is 0.0696. The van der Waals surface area contributed by atoms with Crippen LogP contribution in [0.5, 0.6) is 0 Å². The largest absolute Gasteiger partial charge is 0.478 e. The molecule has 0 aliphatic carbocycles. The van der Waals surface area contributed by atoms with Crippen LogP contribution in [0, 0.1) is 0 Å². The summed E-state index contributed by atoms with van der Waals surface area (Å²) in [6.45, 7) is 0. The molecular weight excluding hydrogens is 270 g/mol. The van der Waals surface area contributed by atoms with Crippen molar-refractivity contribution in [2.45, 2.75) is 9.92 Å². The minimum absolute atomic E-state index is 0.253. The maximum atomic E-state index is 10.9. The Hall–Kier alpha value is -2.33. The van der Waals surface area contributed by atoms with E-state index in [-0.39, 0.29) is 5.56 Å². The molecule has 1 aromatic heterocycles. The minimum atomic E-state index is -0.937. The first-order valence-corrected chi connectivity index (χ1v) is 6.90. The molecule has 0 atom stereocenters. The zero-order valence-corrected chi connectivity index (χ0v) is 11.3. The van der Waals surface area contributed by atoms with Gasteiger partial charge in [0, 0.05) is 11.1 Å². The summed E-state index contributed by atoms with van der Waals surface area (Å²) in [5, 5.41) is 12.0. The number of carbonyl (C=O) groups is 1. The minimum Gasteiger partial charge on any atom is -0.478 e. The molecule has 0 spiro atoms. The van der Waals surface area contributed by atoms with Gasteiger partial charge in [-0.15, -0.1) is 0 Å². The van der Waals surface area contributed by atoms with E-state index in [0.29, 0.717) is 5.03 Å². The van der Waals surface area contributed by atoms with Gasteiger partial charge in [-0.1, -0.05) is 42.1 Å². The summed E-state index contributed by atoms with van der Waals surface area (Å²) in [5.41, 5.74) is 0.253. The van der Waals surface area contributed by atoms with E-state index in [1.807, 2.05) is 18.2 Å². The van der Waals surface area contributed by atoms with Gasteiger partial charge in [-0.05, 0) is 35.0 Å². The summed E-state index contributed by atoms with van der Waals surface area (Å²) in [6.07, 6.45) is 1.52. The van der Waals surface area contributed by atoms with Crippen molar-refractivity contribution in [3.05, 3.63) is 66.4 Å². The molecule has 0 unspecified atom stereocenters. The summed E-state index contributed by atoms with van der Waals surface area (Å²) in [4.78, 5) is 16.2. The van der Waals surface area contributed by atoms with Gasteiger partial charge in [0.15, 0.2) is 0 Å². The maximum absolute atomic E-state index is 10.9. The van der Waals surface area contributed by atoms with Crippen molar-refractivity contribution in [1.82, 2.24) is 4.98 Å². The number of aromatic carboxylic acids is 1. The van der Waals surface area contributed by atoms with E-state index >= 15 is 0 Å². The maximum Gasteiger partial charge on any atom is 0.335 e. The van der Waals surface area contributed by atoms with Gasteiger partial charge in [0.25, 0.3) is 0 Å². The molecule has 0 aliphatic rings. The highest BCUT2D eigenvalue weighted by Crippen LogP contribution is 2.29. The van der Waals surface area contributed by atoms with Crippen LogP contribution >= 0.6 is 11.8 Å². The molecular formula is C16H11NO2S. The zero-order valence-electron chi connectivity index (χ0n) is 10.5. The second kappa shape index (κ2) is 5.35. The van der Waals surface area contributed by atoms with Gasteiger partial charge in [0.2, 0.25) is 0 Å². The third kappa shape index (κ3) is 2.65. The fourth-order valence-corrected chi connectivity index (χ4v) is 2.81. The molecule has 1 heterocycles. The average Bonchev–Trinajstić information content (AvgIpc) is 2.47. The van der Waals surface area contributed by atoms with Crippen molar-refractivity contribution in [2.24, 2.45) is 0 Å². The van der Waals surface area contributed by atoms with Crippen LogP contribution < -0.4 is 0 Å². The number of nitrogens with zero attached hydrogens (tertiary/aromatic N) is 1. The van der Waals surface area contributed by atoms with E-state index in [0.717, 1.165) is 10.3 Å². The SMILES string of the molecule is O=C(O)c1ccnc(Sc2ccc3ccccc3c2)c1. The summed E-state index contributed by atoms with van der Waals surface area (Å²) in [6, 6.07) is 17.4. The molecule has 3 nitrogen and oxygen atoms in total. The molecule has 0 amide bonds. The molecule has 0 saturated carbocycles. The Labute approximate surface area is 120 Å². The molecule has 0 bridgehead atoms. The lowest BCUT2D eigenvalue weighted by atomic mass is 10.1. The predicted molar refractivity (Wildman–Crippen MR) is 79.3 cm³/mol. The van der Waals surface area contributed by atoms with Crippen molar-refractivity contribution >= 4 is 28.5 Å².